The standard InChI is InChI=1S/C9H13N3OS/c1-12(6-2-4-10)9(13)8-14-7-3-5-11/h2-3,6-8H2,1H3. The van der Waals surface area contributed by atoms with Gasteiger partial charge in [0.25, 0.3) is 0 Å². The molecule has 0 unspecified atom stereocenters. The van der Waals surface area contributed by atoms with Gasteiger partial charge in [0.2, 0.25) is 5.91 Å². The first-order chi connectivity index (χ1) is 6.72. The van der Waals surface area contributed by atoms with Crippen LogP contribution in [0.25, 0.3) is 0 Å². The summed E-state index contributed by atoms with van der Waals surface area (Å²) >= 11 is 1.45. The van der Waals surface area contributed by atoms with E-state index in [1.807, 2.05) is 12.1 Å². The molecule has 0 saturated heterocycles. The zero-order valence-corrected chi connectivity index (χ0v) is 9.01. The lowest BCUT2D eigenvalue weighted by Crippen LogP contribution is -2.29. The van der Waals surface area contributed by atoms with Gasteiger partial charge in [-0.15, -0.1) is 0 Å². The summed E-state index contributed by atoms with van der Waals surface area (Å²) in [5.74, 6) is 1.10. The third-order valence-electron chi connectivity index (χ3n) is 1.57. The Morgan fingerprint density at radius 3 is 2.57 bits per heavy atom. The van der Waals surface area contributed by atoms with Crippen molar-refractivity contribution in [2.45, 2.75) is 12.8 Å². The Labute approximate surface area is 88.5 Å². The predicted molar refractivity (Wildman–Crippen MR) is 55.4 cm³/mol. The Morgan fingerprint density at radius 1 is 1.36 bits per heavy atom. The van der Waals surface area contributed by atoms with E-state index in [-0.39, 0.29) is 5.91 Å². The number of amides is 1. The van der Waals surface area contributed by atoms with E-state index >= 15 is 0 Å². The summed E-state index contributed by atoms with van der Waals surface area (Å²) in [5, 5.41) is 16.6. The van der Waals surface area contributed by atoms with E-state index in [1.165, 1.54) is 11.8 Å². The molecule has 0 aromatic heterocycles. The molecule has 0 spiro atoms. The maximum absolute atomic E-state index is 11.3. The van der Waals surface area contributed by atoms with Crippen molar-refractivity contribution in [3.63, 3.8) is 0 Å². The first-order valence-corrected chi connectivity index (χ1v) is 5.43. The monoisotopic (exact) mass is 211 g/mol. The van der Waals surface area contributed by atoms with E-state index in [0.717, 1.165) is 0 Å². The summed E-state index contributed by atoms with van der Waals surface area (Å²) in [6.07, 6.45) is 0.838. The van der Waals surface area contributed by atoms with Crippen molar-refractivity contribution >= 4 is 17.7 Å². The van der Waals surface area contributed by atoms with Crippen LogP contribution in [0, 0.1) is 22.7 Å². The smallest absolute Gasteiger partial charge is 0.232 e. The van der Waals surface area contributed by atoms with E-state index in [1.54, 1.807) is 11.9 Å². The van der Waals surface area contributed by atoms with Crippen molar-refractivity contribution in [3.8, 4) is 12.1 Å². The van der Waals surface area contributed by atoms with Gasteiger partial charge in [0, 0.05) is 25.8 Å². The molecule has 1 amide bonds. The van der Waals surface area contributed by atoms with Crippen molar-refractivity contribution in [2.75, 3.05) is 25.1 Å². The summed E-state index contributed by atoms with van der Waals surface area (Å²) in [4.78, 5) is 12.9. The minimum absolute atomic E-state index is 0.0168. The van der Waals surface area contributed by atoms with Gasteiger partial charge in [0.15, 0.2) is 0 Å². The second-order valence-electron chi connectivity index (χ2n) is 2.68. The van der Waals surface area contributed by atoms with Gasteiger partial charge >= 0.3 is 0 Å². The largest absolute Gasteiger partial charge is 0.344 e. The number of thioether (sulfide) groups is 1. The van der Waals surface area contributed by atoms with E-state index in [0.29, 0.717) is 30.9 Å². The van der Waals surface area contributed by atoms with Gasteiger partial charge in [0.1, 0.15) is 0 Å². The van der Waals surface area contributed by atoms with Crippen molar-refractivity contribution in [2.24, 2.45) is 0 Å². The van der Waals surface area contributed by atoms with Crippen LogP contribution in [0.4, 0.5) is 0 Å². The Morgan fingerprint density at radius 2 is 2.00 bits per heavy atom. The van der Waals surface area contributed by atoms with E-state index in [4.69, 9.17) is 10.5 Å². The zero-order chi connectivity index (χ0) is 10.8. The van der Waals surface area contributed by atoms with E-state index in [9.17, 15) is 4.79 Å². The molecule has 0 atom stereocenters. The van der Waals surface area contributed by atoms with Crippen molar-refractivity contribution in [1.29, 1.82) is 10.5 Å². The molecule has 0 aliphatic carbocycles. The van der Waals surface area contributed by atoms with Crippen LogP contribution < -0.4 is 0 Å². The zero-order valence-electron chi connectivity index (χ0n) is 8.19. The molecule has 0 saturated carbocycles. The summed E-state index contributed by atoms with van der Waals surface area (Å²) in [5.41, 5.74) is 0. The highest BCUT2D eigenvalue weighted by molar-refractivity contribution is 7.99. The molecule has 0 aliphatic heterocycles. The van der Waals surface area contributed by atoms with Crippen molar-refractivity contribution in [3.05, 3.63) is 0 Å². The Bertz CT molecular complexity index is 254. The van der Waals surface area contributed by atoms with Gasteiger partial charge in [-0.1, -0.05) is 0 Å². The van der Waals surface area contributed by atoms with Crippen LogP contribution in [-0.4, -0.2) is 35.9 Å². The van der Waals surface area contributed by atoms with Crippen LogP contribution in [0.2, 0.25) is 0 Å². The summed E-state index contributed by atoms with van der Waals surface area (Å²) in [7, 11) is 1.69. The highest BCUT2D eigenvalue weighted by atomic mass is 32.2. The van der Waals surface area contributed by atoms with Crippen LogP contribution >= 0.6 is 11.8 Å². The molecule has 0 radical (unpaired) electrons. The molecule has 0 aromatic rings. The molecular weight excluding hydrogens is 198 g/mol. The third-order valence-corrected chi connectivity index (χ3v) is 2.51. The lowest BCUT2D eigenvalue weighted by molar-refractivity contribution is -0.127. The summed E-state index contributed by atoms with van der Waals surface area (Å²) < 4.78 is 0. The number of nitriles is 2. The molecule has 0 aliphatic rings. The fraction of sp³-hybridized carbons (Fsp3) is 0.667. The van der Waals surface area contributed by atoms with Gasteiger partial charge in [-0.25, -0.2) is 0 Å². The topological polar surface area (TPSA) is 67.9 Å². The SMILES string of the molecule is CN(CCC#N)C(=O)CSCCC#N. The minimum Gasteiger partial charge on any atom is -0.344 e. The van der Waals surface area contributed by atoms with Crippen molar-refractivity contribution in [1.82, 2.24) is 4.90 Å². The molecule has 14 heavy (non-hydrogen) atoms. The third kappa shape index (κ3) is 6.33. The average molecular weight is 211 g/mol. The number of carbonyl (C=O) groups is 1. The van der Waals surface area contributed by atoms with Gasteiger partial charge in [-0.05, 0) is 0 Å². The van der Waals surface area contributed by atoms with Crippen LogP contribution in [-0.2, 0) is 4.79 Å². The second-order valence-corrected chi connectivity index (χ2v) is 3.79. The number of rotatable bonds is 6. The van der Waals surface area contributed by atoms with Crippen LogP contribution in [0.1, 0.15) is 12.8 Å². The predicted octanol–water partition coefficient (Wildman–Crippen LogP) is 1.01. The molecule has 0 heterocycles. The maximum Gasteiger partial charge on any atom is 0.232 e. The fourth-order valence-electron chi connectivity index (χ4n) is 0.730. The molecule has 5 heteroatoms. The molecule has 0 bridgehead atoms. The Balaban J connectivity index is 3.54. The second kappa shape index (κ2) is 8.40. The minimum atomic E-state index is 0.0168. The van der Waals surface area contributed by atoms with Crippen LogP contribution in [0.15, 0.2) is 0 Å². The lowest BCUT2D eigenvalue weighted by atomic mass is 10.4. The quantitative estimate of drug-likeness (QED) is 0.615. The van der Waals surface area contributed by atoms with E-state index < -0.39 is 0 Å². The summed E-state index contributed by atoms with van der Waals surface area (Å²) in [6, 6.07) is 4.00. The van der Waals surface area contributed by atoms with Crippen molar-refractivity contribution < 1.29 is 4.79 Å². The summed E-state index contributed by atoms with van der Waals surface area (Å²) in [6.45, 7) is 0.480. The Hall–Kier alpha value is -1.20. The van der Waals surface area contributed by atoms with Gasteiger partial charge < -0.3 is 4.90 Å². The van der Waals surface area contributed by atoms with Gasteiger partial charge in [-0.2, -0.15) is 22.3 Å². The number of nitrogens with zero attached hydrogens (tertiary/aromatic N) is 3. The van der Waals surface area contributed by atoms with Crippen LogP contribution in [0.5, 0.6) is 0 Å². The van der Waals surface area contributed by atoms with E-state index in [2.05, 4.69) is 0 Å². The normalized spacial score (nSPS) is 8.79. The lowest BCUT2D eigenvalue weighted by Gasteiger charge is -2.14. The van der Waals surface area contributed by atoms with Gasteiger partial charge in [0.05, 0.1) is 24.3 Å². The molecule has 0 aromatic carbocycles. The average Bonchev–Trinajstić information content (AvgIpc) is 2.20. The molecule has 0 rings (SSSR count). The van der Waals surface area contributed by atoms with Crippen LogP contribution in [0.3, 0.4) is 0 Å². The van der Waals surface area contributed by atoms with Gasteiger partial charge in [-0.3, -0.25) is 4.79 Å². The fourth-order valence-corrected chi connectivity index (χ4v) is 1.50. The molecule has 4 nitrogen and oxygen atoms in total. The Kier molecular flexibility index (Phi) is 7.68. The molecular formula is C9H13N3OS. The molecule has 76 valence electrons. The first kappa shape index (κ1) is 12.8. The number of hydrogen-bond acceptors (Lipinski definition) is 4. The molecule has 0 N–H and O–H groups in total. The molecule has 0 fully saturated rings. The number of hydrogen-bond donors (Lipinski definition) is 0. The first-order valence-electron chi connectivity index (χ1n) is 4.28. The number of carbonyl (C=O) groups excluding carboxylic acids is 1. The highest BCUT2D eigenvalue weighted by Gasteiger charge is 2.07. The maximum atomic E-state index is 11.3. The highest BCUT2D eigenvalue weighted by Crippen LogP contribution is 2.03.